The summed E-state index contributed by atoms with van der Waals surface area (Å²) in [7, 11) is 4.06. The first-order chi connectivity index (χ1) is 10.9. The lowest BCUT2D eigenvalue weighted by atomic mass is 10.1. The van der Waals surface area contributed by atoms with Gasteiger partial charge in [0, 0.05) is 12.1 Å². The molecular weight excluding hydrogens is 290 g/mol. The van der Waals surface area contributed by atoms with Crippen LogP contribution in [0.15, 0.2) is 54.1 Å². The van der Waals surface area contributed by atoms with Gasteiger partial charge in [-0.05, 0) is 62.5 Å². The van der Waals surface area contributed by atoms with Crippen molar-refractivity contribution in [1.29, 1.82) is 0 Å². The normalized spacial score (nSPS) is 11.6. The van der Waals surface area contributed by atoms with Gasteiger partial charge in [-0.3, -0.25) is 0 Å². The molecule has 23 heavy (non-hydrogen) atoms. The third-order valence-corrected chi connectivity index (χ3v) is 3.24. The first-order valence-electron chi connectivity index (χ1n) is 7.37. The molecule has 0 saturated heterocycles. The molecule has 0 aliphatic rings. The molecule has 0 spiro atoms. The van der Waals surface area contributed by atoms with E-state index in [9.17, 15) is 4.79 Å². The number of aliphatic carboxylic acids is 1. The summed E-state index contributed by atoms with van der Waals surface area (Å²) in [6, 6.07) is 15.3. The fourth-order valence-electron chi connectivity index (χ4n) is 2.14. The van der Waals surface area contributed by atoms with Gasteiger partial charge in [-0.15, -0.1) is 0 Å². The smallest absolute Gasteiger partial charge is 0.331 e. The predicted molar refractivity (Wildman–Crippen MR) is 91.6 cm³/mol. The fourth-order valence-corrected chi connectivity index (χ4v) is 2.14. The molecule has 2 aromatic carbocycles. The van der Waals surface area contributed by atoms with Gasteiger partial charge in [-0.25, -0.2) is 4.79 Å². The van der Waals surface area contributed by atoms with Crippen LogP contribution in [0.5, 0.6) is 11.5 Å². The Morgan fingerprint density at radius 2 is 1.83 bits per heavy atom. The number of rotatable bonds is 6. The highest BCUT2D eigenvalue weighted by Crippen LogP contribution is 2.23. The van der Waals surface area contributed by atoms with Crippen LogP contribution in [0.4, 0.5) is 0 Å². The molecule has 4 heteroatoms. The van der Waals surface area contributed by atoms with Gasteiger partial charge in [0.25, 0.3) is 0 Å². The van der Waals surface area contributed by atoms with Crippen LogP contribution >= 0.6 is 0 Å². The molecule has 0 aliphatic heterocycles. The van der Waals surface area contributed by atoms with E-state index in [1.54, 1.807) is 13.0 Å². The first kappa shape index (κ1) is 16.8. The molecule has 0 heterocycles. The van der Waals surface area contributed by atoms with Gasteiger partial charge >= 0.3 is 5.97 Å². The highest BCUT2D eigenvalue weighted by Gasteiger charge is 2.02. The van der Waals surface area contributed by atoms with Crippen LogP contribution in [0, 0.1) is 0 Å². The molecule has 120 valence electrons. The first-order valence-corrected chi connectivity index (χ1v) is 7.37. The number of ether oxygens (including phenoxy) is 1. The largest absolute Gasteiger partial charge is 0.478 e. The summed E-state index contributed by atoms with van der Waals surface area (Å²) in [5.74, 6) is 0.508. The number of carboxylic acids is 1. The highest BCUT2D eigenvalue weighted by atomic mass is 16.5. The lowest BCUT2D eigenvalue weighted by Gasteiger charge is -2.11. The average molecular weight is 311 g/mol. The van der Waals surface area contributed by atoms with Gasteiger partial charge in [0.1, 0.15) is 11.5 Å². The molecule has 0 atom stereocenters. The van der Waals surface area contributed by atoms with E-state index in [2.05, 4.69) is 4.90 Å². The van der Waals surface area contributed by atoms with E-state index < -0.39 is 5.97 Å². The molecule has 2 aromatic rings. The van der Waals surface area contributed by atoms with Crippen LogP contribution in [0.1, 0.15) is 18.1 Å². The molecule has 0 bridgehead atoms. The minimum Gasteiger partial charge on any atom is -0.478 e. The molecule has 0 unspecified atom stereocenters. The zero-order valence-corrected chi connectivity index (χ0v) is 13.6. The van der Waals surface area contributed by atoms with Crippen molar-refractivity contribution in [3.8, 4) is 11.5 Å². The van der Waals surface area contributed by atoms with Gasteiger partial charge < -0.3 is 14.7 Å². The van der Waals surface area contributed by atoms with Crippen molar-refractivity contribution in [2.75, 3.05) is 14.1 Å². The van der Waals surface area contributed by atoms with Crippen LogP contribution in [0.25, 0.3) is 6.08 Å². The van der Waals surface area contributed by atoms with Crippen molar-refractivity contribution in [2.45, 2.75) is 13.5 Å². The molecule has 1 N–H and O–H groups in total. The molecule has 4 nitrogen and oxygen atoms in total. The summed E-state index contributed by atoms with van der Waals surface area (Å²) < 4.78 is 5.83. The number of benzene rings is 2. The topological polar surface area (TPSA) is 49.8 Å². The summed E-state index contributed by atoms with van der Waals surface area (Å²) in [4.78, 5) is 13.0. The third kappa shape index (κ3) is 5.27. The molecular formula is C19H21NO3. The summed E-state index contributed by atoms with van der Waals surface area (Å²) in [5, 5.41) is 8.93. The Hall–Kier alpha value is -2.59. The molecule has 0 aromatic heterocycles. The minimum absolute atomic E-state index is 0.287. The number of hydrogen-bond donors (Lipinski definition) is 1. The van der Waals surface area contributed by atoms with Gasteiger partial charge in [-0.2, -0.15) is 0 Å². The van der Waals surface area contributed by atoms with Crippen molar-refractivity contribution in [3.05, 3.63) is 65.2 Å². The zero-order valence-electron chi connectivity index (χ0n) is 13.6. The summed E-state index contributed by atoms with van der Waals surface area (Å²) in [6.07, 6.45) is 1.62. The zero-order chi connectivity index (χ0) is 16.8. The summed E-state index contributed by atoms with van der Waals surface area (Å²) in [6.45, 7) is 2.45. The summed E-state index contributed by atoms with van der Waals surface area (Å²) >= 11 is 0. The Morgan fingerprint density at radius 3 is 2.43 bits per heavy atom. The van der Waals surface area contributed by atoms with Crippen molar-refractivity contribution < 1.29 is 14.6 Å². The standard InChI is InChI=1S/C19H21NO3/c1-14(19(21)22)11-16-5-4-6-18(12-16)23-17-9-7-15(8-10-17)13-20(2)3/h4-12H,13H2,1-3H3,(H,21,22)/b14-11+. The number of carbonyl (C=O) groups is 1. The van der Waals surface area contributed by atoms with Crippen molar-refractivity contribution in [2.24, 2.45) is 0 Å². The fraction of sp³-hybridized carbons (Fsp3) is 0.211. The van der Waals surface area contributed by atoms with Crippen LogP contribution in [-0.2, 0) is 11.3 Å². The van der Waals surface area contributed by atoms with Gasteiger partial charge in [0.05, 0.1) is 0 Å². The number of hydrogen-bond acceptors (Lipinski definition) is 3. The van der Waals surface area contributed by atoms with Crippen LogP contribution < -0.4 is 4.74 Å². The van der Waals surface area contributed by atoms with E-state index in [4.69, 9.17) is 9.84 Å². The molecule has 0 radical (unpaired) electrons. The van der Waals surface area contributed by atoms with E-state index in [1.165, 1.54) is 5.56 Å². The van der Waals surface area contributed by atoms with E-state index >= 15 is 0 Å². The number of nitrogens with zero attached hydrogens (tertiary/aromatic N) is 1. The third-order valence-electron chi connectivity index (χ3n) is 3.24. The molecule has 0 saturated carbocycles. The molecule has 0 fully saturated rings. The summed E-state index contributed by atoms with van der Waals surface area (Å²) in [5.41, 5.74) is 2.30. The van der Waals surface area contributed by atoms with Crippen LogP contribution in [0.2, 0.25) is 0 Å². The minimum atomic E-state index is -0.923. The Labute approximate surface area is 136 Å². The Balaban J connectivity index is 2.11. The van der Waals surface area contributed by atoms with Gasteiger partial charge in [0.2, 0.25) is 0 Å². The monoisotopic (exact) mass is 311 g/mol. The van der Waals surface area contributed by atoms with Crippen LogP contribution in [0.3, 0.4) is 0 Å². The van der Waals surface area contributed by atoms with Crippen molar-refractivity contribution in [3.63, 3.8) is 0 Å². The van der Waals surface area contributed by atoms with Gasteiger partial charge in [-0.1, -0.05) is 24.3 Å². The molecule has 2 rings (SSSR count). The average Bonchev–Trinajstić information content (AvgIpc) is 2.49. The van der Waals surface area contributed by atoms with Crippen molar-refractivity contribution in [1.82, 2.24) is 4.90 Å². The quantitative estimate of drug-likeness (QED) is 0.818. The lowest BCUT2D eigenvalue weighted by molar-refractivity contribution is -0.132. The van der Waals surface area contributed by atoms with Crippen molar-refractivity contribution >= 4 is 12.0 Å². The maximum atomic E-state index is 10.9. The van der Waals surface area contributed by atoms with E-state index in [1.807, 2.05) is 62.6 Å². The maximum absolute atomic E-state index is 10.9. The second-order valence-electron chi connectivity index (χ2n) is 5.69. The molecule has 0 aliphatic carbocycles. The van der Waals surface area contributed by atoms with Gasteiger partial charge in [0.15, 0.2) is 0 Å². The van der Waals surface area contributed by atoms with Crippen LogP contribution in [-0.4, -0.2) is 30.1 Å². The SMILES string of the molecule is C/C(=C\c1cccc(Oc2ccc(CN(C)C)cc2)c1)C(=O)O. The second-order valence-corrected chi connectivity index (χ2v) is 5.69. The Kier molecular flexibility index (Phi) is 5.55. The second kappa shape index (κ2) is 7.61. The maximum Gasteiger partial charge on any atom is 0.331 e. The van der Waals surface area contributed by atoms with E-state index in [0.29, 0.717) is 5.75 Å². The van der Waals surface area contributed by atoms with E-state index in [0.717, 1.165) is 17.9 Å². The highest BCUT2D eigenvalue weighted by molar-refractivity contribution is 5.91. The Bertz CT molecular complexity index is 703. The molecule has 0 amide bonds. The predicted octanol–water partition coefficient (Wildman–Crippen LogP) is 4.03. The lowest BCUT2D eigenvalue weighted by Crippen LogP contribution is -2.10. The van der Waals surface area contributed by atoms with E-state index in [-0.39, 0.29) is 5.57 Å². The number of carboxylic acid groups (broad SMARTS) is 1. The Morgan fingerprint density at radius 1 is 1.13 bits per heavy atom.